The third-order valence-corrected chi connectivity index (χ3v) is 3.43. The van der Waals surface area contributed by atoms with Crippen LogP contribution in [0.5, 0.6) is 0 Å². The molecule has 2 heteroatoms. The van der Waals surface area contributed by atoms with Crippen LogP contribution in [0.15, 0.2) is 18.2 Å². The first kappa shape index (κ1) is 12.2. The Bertz CT molecular complexity index is 535. The van der Waals surface area contributed by atoms with Crippen LogP contribution in [0.4, 0.5) is 0 Å². The van der Waals surface area contributed by atoms with Crippen LogP contribution in [0.1, 0.15) is 30.7 Å². The molecule has 0 aliphatic rings. The second-order valence-electron chi connectivity index (χ2n) is 5.19. The SMILES string of the molecule is Cc1ccc2c(c1)c(C)c(CNC(C)C)n2C. The number of nitrogens with one attached hydrogen (secondary N) is 1. The lowest BCUT2D eigenvalue weighted by Gasteiger charge is -2.10. The van der Waals surface area contributed by atoms with Crippen molar-refractivity contribution in [1.82, 2.24) is 9.88 Å². The summed E-state index contributed by atoms with van der Waals surface area (Å²) in [6, 6.07) is 7.20. The standard InChI is InChI=1S/C15H22N2/c1-10(2)16-9-15-12(4)13-8-11(3)6-7-14(13)17(15)5/h6-8,10,16H,9H2,1-5H3. The van der Waals surface area contributed by atoms with Gasteiger partial charge in [-0.15, -0.1) is 0 Å². The Kier molecular flexibility index (Phi) is 3.25. The zero-order valence-corrected chi connectivity index (χ0v) is 11.5. The normalized spacial score (nSPS) is 11.6. The summed E-state index contributed by atoms with van der Waals surface area (Å²) in [7, 11) is 2.15. The van der Waals surface area contributed by atoms with Crippen molar-refractivity contribution in [2.24, 2.45) is 7.05 Å². The molecule has 1 heterocycles. The Balaban J connectivity index is 2.49. The third kappa shape index (κ3) is 2.22. The van der Waals surface area contributed by atoms with E-state index in [1.165, 1.54) is 27.7 Å². The zero-order valence-electron chi connectivity index (χ0n) is 11.5. The number of nitrogens with zero attached hydrogens (tertiary/aromatic N) is 1. The number of aryl methyl sites for hydroxylation is 3. The lowest BCUT2D eigenvalue weighted by atomic mass is 10.1. The van der Waals surface area contributed by atoms with Gasteiger partial charge in [0.25, 0.3) is 0 Å². The lowest BCUT2D eigenvalue weighted by molar-refractivity contribution is 0.571. The molecule has 0 saturated carbocycles. The molecule has 1 N–H and O–H groups in total. The highest BCUT2D eigenvalue weighted by atomic mass is 15.0. The number of aromatic nitrogens is 1. The van der Waals surface area contributed by atoms with Gasteiger partial charge in [-0.25, -0.2) is 0 Å². The number of hydrogen-bond donors (Lipinski definition) is 1. The summed E-state index contributed by atoms with van der Waals surface area (Å²) in [4.78, 5) is 0. The van der Waals surface area contributed by atoms with Gasteiger partial charge in [0.2, 0.25) is 0 Å². The molecule has 0 aliphatic carbocycles. The van der Waals surface area contributed by atoms with Crippen molar-refractivity contribution in [2.45, 2.75) is 40.3 Å². The Labute approximate surface area is 104 Å². The highest BCUT2D eigenvalue weighted by Gasteiger charge is 2.11. The minimum Gasteiger partial charge on any atom is -0.346 e. The van der Waals surface area contributed by atoms with Crippen LogP contribution >= 0.6 is 0 Å². The van der Waals surface area contributed by atoms with Crippen LogP contribution in [0.25, 0.3) is 10.9 Å². The smallest absolute Gasteiger partial charge is 0.0483 e. The largest absolute Gasteiger partial charge is 0.346 e. The second kappa shape index (κ2) is 4.53. The van der Waals surface area contributed by atoms with Gasteiger partial charge in [0.05, 0.1) is 0 Å². The van der Waals surface area contributed by atoms with E-state index in [0.29, 0.717) is 6.04 Å². The van der Waals surface area contributed by atoms with Crippen LogP contribution in [-0.2, 0) is 13.6 Å². The van der Waals surface area contributed by atoms with Gasteiger partial charge < -0.3 is 9.88 Å². The molecule has 0 fully saturated rings. The molecule has 0 spiro atoms. The number of hydrogen-bond acceptors (Lipinski definition) is 1. The average Bonchev–Trinajstić information content (AvgIpc) is 2.49. The molecule has 1 aromatic heterocycles. The Morgan fingerprint density at radius 3 is 2.59 bits per heavy atom. The molecule has 0 radical (unpaired) electrons. The van der Waals surface area contributed by atoms with E-state index in [9.17, 15) is 0 Å². The van der Waals surface area contributed by atoms with E-state index < -0.39 is 0 Å². The Morgan fingerprint density at radius 2 is 1.94 bits per heavy atom. The van der Waals surface area contributed by atoms with Gasteiger partial charge in [0.15, 0.2) is 0 Å². The number of fused-ring (bicyclic) bond motifs is 1. The molecule has 1 aromatic carbocycles. The zero-order chi connectivity index (χ0) is 12.6. The molecule has 0 atom stereocenters. The van der Waals surface area contributed by atoms with Gasteiger partial charge in [-0.05, 0) is 31.5 Å². The highest BCUT2D eigenvalue weighted by molar-refractivity contribution is 5.85. The molecule has 0 amide bonds. The Hall–Kier alpha value is -1.28. The van der Waals surface area contributed by atoms with Crippen molar-refractivity contribution < 1.29 is 0 Å². The molecule has 0 saturated heterocycles. The minimum absolute atomic E-state index is 0.522. The van der Waals surface area contributed by atoms with Crippen LogP contribution in [0.3, 0.4) is 0 Å². The summed E-state index contributed by atoms with van der Waals surface area (Å²) < 4.78 is 2.31. The van der Waals surface area contributed by atoms with Crippen LogP contribution in [0.2, 0.25) is 0 Å². The summed E-state index contributed by atoms with van der Waals surface area (Å²) in [6.07, 6.45) is 0. The van der Waals surface area contributed by atoms with Gasteiger partial charge >= 0.3 is 0 Å². The van der Waals surface area contributed by atoms with E-state index in [1.807, 2.05) is 0 Å². The molecule has 0 aliphatic heterocycles. The predicted molar refractivity (Wildman–Crippen MR) is 74.4 cm³/mol. The van der Waals surface area contributed by atoms with E-state index in [2.05, 4.69) is 62.8 Å². The first-order chi connectivity index (χ1) is 8.00. The highest BCUT2D eigenvalue weighted by Crippen LogP contribution is 2.25. The van der Waals surface area contributed by atoms with Crippen LogP contribution in [-0.4, -0.2) is 10.6 Å². The lowest BCUT2D eigenvalue weighted by Crippen LogP contribution is -2.23. The third-order valence-electron chi connectivity index (χ3n) is 3.43. The van der Waals surface area contributed by atoms with Gasteiger partial charge in [0.1, 0.15) is 0 Å². The maximum absolute atomic E-state index is 3.50. The molecular formula is C15H22N2. The first-order valence-electron chi connectivity index (χ1n) is 6.28. The topological polar surface area (TPSA) is 17.0 Å². The molecule has 92 valence electrons. The first-order valence-corrected chi connectivity index (χ1v) is 6.28. The van der Waals surface area contributed by atoms with E-state index in [-0.39, 0.29) is 0 Å². The summed E-state index contributed by atoms with van der Waals surface area (Å²) in [5.74, 6) is 0. The van der Waals surface area contributed by atoms with Crippen molar-refractivity contribution >= 4 is 10.9 Å². The fourth-order valence-electron chi connectivity index (χ4n) is 2.35. The molecule has 2 rings (SSSR count). The van der Waals surface area contributed by atoms with Crippen molar-refractivity contribution in [2.75, 3.05) is 0 Å². The molecular weight excluding hydrogens is 208 g/mol. The summed E-state index contributed by atoms with van der Waals surface area (Å²) in [6.45, 7) is 9.68. The fraction of sp³-hybridized carbons (Fsp3) is 0.467. The fourth-order valence-corrected chi connectivity index (χ4v) is 2.35. The molecule has 2 aromatic rings. The average molecular weight is 230 g/mol. The van der Waals surface area contributed by atoms with Crippen LogP contribution < -0.4 is 5.32 Å². The van der Waals surface area contributed by atoms with Gasteiger partial charge in [-0.2, -0.15) is 0 Å². The van der Waals surface area contributed by atoms with Crippen molar-refractivity contribution in [3.05, 3.63) is 35.0 Å². The predicted octanol–water partition coefficient (Wildman–Crippen LogP) is 3.29. The van der Waals surface area contributed by atoms with Crippen molar-refractivity contribution in [1.29, 1.82) is 0 Å². The molecule has 0 bridgehead atoms. The van der Waals surface area contributed by atoms with Crippen LogP contribution in [0, 0.1) is 13.8 Å². The van der Waals surface area contributed by atoms with Gasteiger partial charge in [0, 0.05) is 36.2 Å². The maximum atomic E-state index is 3.50. The van der Waals surface area contributed by atoms with Gasteiger partial charge in [-0.1, -0.05) is 25.5 Å². The number of rotatable bonds is 3. The minimum atomic E-state index is 0.522. The second-order valence-corrected chi connectivity index (χ2v) is 5.19. The van der Waals surface area contributed by atoms with Gasteiger partial charge in [-0.3, -0.25) is 0 Å². The summed E-state index contributed by atoms with van der Waals surface area (Å²) in [5.41, 5.74) is 5.45. The van der Waals surface area contributed by atoms with E-state index in [4.69, 9.17) is 0 Å². The monoisotopic (exact) mass is 230 g/mol. The number of benzene rings is 1. The Morgan fingerprint density at radius 1 is 1.24 bits per heavy atom. The molecule has 0 unspecified atom stereocenters. The quantitative estimate of drug-likeness (QED) is 0.856. The van der Waals surface area contributed by atoms with E-state index >= 15 is 0 Å². The van der Waals surface area contributed by atoms with E-state index in [1.54, 1.807) is 0 Å². The maximum Gasteiger partial charge on any atom is 0.0483 e. The molecule has 2 nitrogen and oxygen atoms in total. The summed E-state index contributed by atoms with van der Waals surface area (Å²) in [5, 5.41) is 4.88. The molecule has 17 heavy (non-hydrogen) atoms. The van der Waals surface area contributed by atoms with Crippen molar-refractivity contribution in [3.63, 3.8) is 0 Å². The summed E-state index contributed by atoms with van der Waals surface area (Å²) >= 11 is 0. The van der Waals surface area contributed by atoms with Crippen molar-refractivity contribution in [3.8, 4) is 0 Å². The van der Waals surface area contributed by atoms with E-state index in [0.717, 1.165) is 6.54 Å².